The molecule has 1 aliphatic heterocycles. The van der Waals surface area contributed by atoms with Gasteiger partial charge in [-0.1, -0.05) is 23.7 Å². The van der Waals surface area contributed by atoms with E-state index < -0.39 is 5.97 Å². The van der Waals surface area contributed by atoms with Crippen LogP contribution >= 0.6 is 11.6 Å². The minimum absolute atomic E-state index is 0.0584. The van der Waals surface area contributed by atoms with Crippen LogP contribution in [0.2, 0.25) is 5.02 Å². The zero-order valence-corrected chi connectivity index (χ0v) is 10.4. The van der Waals surface area contributed by atoms with Gasteiger partial charge in [-0.25, -0.2) is 0 Å². The topological polar surface area (TPSA) is 65.1 Å². The number of fused-ring (bicyclic) bond motifs is 1. The van der Waals surface area contributed by atoms with Crippen LogP contribution in [0.3, 0.4) is 0 Å². The molecular weight excluding hydrogens is 252 g/mol. The number of benzene rings is 1. The number of hydrogen-bond acceptors (Lipinski definition) is 2. The van der Waals surface area contributed by atoms with Crippen LogP contribution in [-0.4, -0.2) is 22.6 Å². The highest BCUT2D eigenvalue weighted by Gasteiger charge is 2.31. The van der Waals surface area contributed by atoms with Gasteiger partial charge in [-0.3, -0.25) is 4.79 Å². The number of aromatic amines is 1. The summed E-state index contributed by atoms with van der Waals surface area (Å²) in [6, 6.07) is 5.99. The van der Waals surface area contributed by atoms with Crippen molar-refractivity contribution in [1.29, 1.82) is 0 Å². The normalized spacial score (nSPS) is 23.6. The lowest BCUT2D eigenvalue weighted by molar-refractivity contribution is -0.141. The average molecular weight is 265 g/mol. The lowest BCUT2D eigenvalue weighted by atomic mass is 9.97. The summed E-state index contributed by atoms with van der Waals surface area (Å²) in [6.45, 7) is 0.512. The molecule has 0 radical (unpaired) electrons. The fraction of sp³-hybridized carbons (Fsp3) is 0.308. The average Bonchev–Trinajstić information content (AvgIpc) is 2.96. The quantitative estimate of drug-likeness (QED) is 0.781. The Labute approximate surface area is 109 Å². The van der Waals surface area contributed by atoms with Gasteiger partial charge in [-0.2, -0.15) is 0 Å². The number of carboxylic acid groups (broad SMARTS) is 1. The molecular formula is C13H13ClN2O2. The van der Waals surface area contributed by atoms with E-state index >= 15 is 0 Å². The molecule has 94 valence electrons. The summed E-state index contributed by atoms with van der Waals surface area (Å²) in [5.74, 6) is -1.06. The summed E-state index contributed by atoms with van der Waals surface area (Å²) in [5, 5.41) is 14.0. The van der Waals surface area contributed by atoms with Gasteiger partial charge in [0.05, 0.1) is 10.9 Å². The number of nitrogens with one attached hydrogen (secondary N) is 2. The van der Waals surface area contributed by atoms with E-state index in [9.17, 15) is 4.79 Å². The van der Waals surface area contributed by atoms with Crippen molar-refractivity contribution in [2.75, 3.05) is 6.54 Å². The lowest BCUT2D eigenvalue weighted by Gasteiger charge is -2.12. The monoisotopic (exact) mass is 264 g/mol. The molecule has 1 saturated heterocycles. The Balaban J connectivity index is 2.00. The van der Waals surface area contributed by atoms with Crippen molar-refractivity contribution >= 4 is 28.5 Å². The van der Waals surface area contributed by atoms with Crippen LogP contribution in [0.15, 0.2) is 24.4 Å². The molecule has 2 unspecified atom stereocenters. The minimum atomic E-state index is -0.739. The molecule has 18 heavy (non-hydrogen) atoms. The SMILES string of the molecule is O=C(O)C1CNC(c2cccc3[nH]cc(Cl)c23)C1. The number of aromatic nitrogens is 1. The predicted octanol–water partition coefficient (Wildman–Crippen LogP) is 2.56. The van der Waals surface area contributed by atoms with E-state index in [0.29, 0.717) is 18.0 Å². The van der Waals surface area contributed by atoms with E-state index in [-0.39, 0.29) is 12.0 Å². The fourth-order valence-electron chi connectivity index (χ4n) is 2.62. The van der Waals surface area contributed by atoms with Gasteiger partial charge in [-0.15, -0.1) is 0 Å². The summed E-state index contributed by atoms with van der Waals surface area (Å²) >= 11 is 6.18. The first-order chi connectivity index (χ1) is 8.66. The maximum Gasteiger partial charge on any atom is 0.307 e. The van der Waals surface area contributed by atoms with Crippen molar-refractivity contribution in [1.82, 2.24) is 10.3 Å². The summed E-state index contributed by atoms with van der Waals surface area (Å²) in [7, 11) is 0. The third-order valence-corrected chi connectivity index (χ3v) is 3.84. The van der Waals surface area contributed by atoms with Crippen molar-refractivity contribution in [2.45, 2.75) is 12.5 Å². The van der Waals surface area contributed by atoms with Crippen LogP contribution in [0.25, 0.3) is 10.9 Å². The maximum atomic E-state index is 11.0. The Bertz CT molecular complexity index is 608. The third kappa shape index (κ3) is 1.78. The Morgan fingerprint density at radius 2 is 2.28 bits per heavy atom. The third-order valence-electron chi connectivity index (χ3n) is 3.55. The molecule has 3 N–H and O–H groups in total. The molecule has 3 rings (SSSR count). The Kier molecular flexibility index (Phi) is 2.76. The van der Waals surface area contributed by atoms with E-state index in [2.05, 4.69) is 10.3 Å². The zero-order valence-electron chi connectivity index (χ0n) is 9.61. The molecule has 2 atom stereocenters. The van der Waals surface area contributed by atoms with Gasteiger partial charge in [0.2, 0.25) is 0 Å². The van der Waals surface area contributed by atoms with Gasteiger partial charge in [0.1, 0.15) is 0 Å². The number of hydrogen-bond donors (Lipinski definition) is 3. The molecule has 2 aromatic rings. The van der Waals surface area contributed by atoms with Gasteiger partial charge < -0.3 is 15.4 Å². The number of rotatable bonds is 2. The van der Waals surface area contributed by atoms with E-state index in [1.54, 1.807) is 6.20 Å². The van der Waals surface area contributed by atoms with Crippen molar-refractivity contribution in [2.24, 2.45) is 5.92 Å². The molecule has 4 nitrogen and oxygen atoms in total. The number of halogens is 1. The van der Waals surface area contributed by atoms with Crippen molar-refractivity contribution in [3.05, 3.63) is 35.0 Å². The van der Waals surface area contributed by atoms with Crippen LogP contribution in [0, 0.1) is 5.92 Å². The molecule has 2 heterocycles. The summed E-state index contributed by atoms with van der Waals surface area (Å²) in [4.78, 5) is 14.1. The van der Waals surface area contributed by atoms with Gasteiger partial charge in [0.15, 0.2) is 0 Å². The zero-order chi connectivity index (χ0) is 12.7. The van der Waals surface area contributed by atoms with Crippen LogP contribution in [-0.2, 0) is 4.79 Å². The molecule has 1 aromatic carbocycles. The number of carbonyl (C=O) groups is 1. The van der Waals surface area contributed by atoms with Gasteiger partial charge >= 0.3 is 5.97 Å². The molecule has 0 amide bonds. The molecule has 0 spiro atoms. The largest absolute Gasteiger partial charge is 0.481 e. The molecule has 1 aromatic heterocycles. The Hall–Kier alpha value is -1.52. The van der Waals surface area contributed by atoms with Crippen LogP contribution in [0.5, 0.6) is 0 Å². The second-order valence-electron chi connectivity index (χ2n) is 4.64. The molecule has 1 aliphatic rings. The molecule has 1 fully saturated rings. The first-order valence-corrected chi connectivity index (χ1v) is 6.26. The Morgan fingerprint density at radius 1 is 1.44 bits per heavy atom. The summed E-state index contributed by atoms with van der Waals surface area (Å²) in [5.41, 5.74) is 2.06. The van der Waals surface area contributed by atoms with Gasteiger partial charge in [0, 0.05) is 29.7 Å². The Morgan fingerprint density at radius 3 is 3.00 bits per heavy atom. The van der Waals surface area contributed by atoms with Gasteiger partial charge in [-0.05, 0) is 18.1 Å². The van der Waals surface area contributed by atoms with Crippen molar-refractivity contribution < 1.29 is 9.90 Å². The number of carboxylic acids is 1. The second-order valence-corrected chi connectivity index (χ2v) is 5.05. The highest BCUT2D eigenvalue weighted by molar-refractivity contribution is 6.35. The second kappa shape index (κ2) is 4.30. The molecule has 0 bridgehead atoms. The standard InChI is InChI=1S/C13H13ClN2O2/c14-9-6-16-10-3-1-2-8(12(9)10)11-4-7(5-15-11)13(17)18/h1-3,6-7,11,15-16H,4-5H2,(H,17,18). The van der Waals surface area contributed by atoms with Crippen molar-refractivity contribution in [3.8, 4) is 0 Å². The van der Waals surface area contributed by atoms with Crippen LogP contribution in [0.1, 0.15) is 18.0 Å². The maximum absolute atomic E-state index is 11.0. The summed E-state index contributed by atoms with van der Waals surface area (Å²) < 4.78 is 0. The van der Waals surface area contributed by atoms with E-state index in [0.717, 1.165) is 16.5 Å². The highest BCUT2D eigenvalue weighted by Crippen LogP contribution is 2.35. The van der Waals surface area contributed by atoms with E-state index in [1.807, 2.05) is 18.2 Å². The predicted molar refractivity (Wildman–Crippen MR) is 69.8 cm³/mol. The van der Waals surface area contributed by atoms with Crippen LogP contribution in [0.4, 0.5) is 0 Å². The van der Waals surface area contributed by atoms with Crippen molar-refractivity contribution in [3.63, 3.8) is 0 Å². The van der Waals surface area contributed by atoms with Gasteiger partial charge in [0.25, 0.3) is 0 Å². The number of aliphatic carboxylic acids is 1. The van der Waals surface area contributed by atoms with E-state index in [4.69, 9.17) is 16.7 Å². The first-order valence-electron chi connectivity index (χ1n) is 5.88. The van der Waals surface area contributed by atoms with E-state index in [1.165, 1.54) is 0 Å². The highest BCUT2D eigenvalue weighted by atomic mass is 35.5. The van der Waals surface area contributed by atoms with Crippen LogP contribution < -0.4 is 5.32 Å². The molecule has 5 heteroatoms. The molecule has 0 saturated carbocycles. The fourth-order valence-corrected chi connectivity index (χ4v) is 2.89. The smallest absolute Gasteiger partial charge is 0.307 e. The minimum Gasteiger partial charge on any atom is -0.481 e. The molecule has 0 aliphatic carbocycles. The number of H-pyrrole nitrogens is 1. The first kappa shape index (κ1) is 11.6. The lowest BCUT2D eigenvalue weighted by Crippen LogP contribution is -2.17. The summed E-state index contributed by atoms with van der Waals surface area (Å²) in [6.07, 6.45) is 2.37.